The van der Waals surface area contributed by atoms with Crippen molar-refractivity contribution in [2.24, 2.45) is 0 Å². The number of hydrogen-bond donors (Lipinski definition) is 0. The minimum Gasteiger partial charge on any atom is -0.408 e. The second-order valence-corrected chi connectivity index (χ2v) is 4.02. The van der Waals surface area contributed by atoms with E-state index in [0.29, 0.717) is 23.2 Å². The molecule has 4 nitrogen and oxygen atoms in total. The van der Waals surface area contributed by atoms with Gasteiger partial charge in [0, 0.05) is 11.8 Å². The van der Waals surface area contributed by atoms with Gasteiger partial charge in [0.2, 0.25) is 17.4 Å². The summed E-state index contributed by atoms with van der Waals surface area (Å²) in [4.78, 5) is 8.49. The van der Waals surface area contributed by atoms with Crippen LogP contribution in [0.15, 0.2) is 8.83 Å². The quantitative estimate of drug-likeness (QED) is 0.737. The molecular weight excluding hydrogens is 180 g/mol. The van der Waals surface area contributed by atoms with Crippen LogP contribution >= 0.6 is 0 Å². The molecule has 0 bridgehead atoms. The summed E-state index contributed by atoms with van der Waals surface area (Å²) < 4.78 is 10.8. The van der Waals surface area contributed by atoms with Crippen molar-refractivity contribution < 1.29 is 8.83 Å². The van der Waals surface area contributed by atoms with Crippen LogP contribution in [0, 0.1) is 0 Å². The lowest BCUT2D eigenvalue weighted by atomic mass is 10.2. The van der Waals surface area contributed by atoms with Gasteiger partial charge in [-0.05, 0) is 0 Å². The lowest BCUT2D eigenvalue weighted by molar-refractivity contribution is 0.398. The Balaban J connectivity index is 2.45. The van der Waals surface area contributed by atoms with Crippen LogP contribution in [0.4, 0.5) is 0 Å². The summed E-state index contributed by atoms with van der Waals surface area (Å²) in [6.07, 6.45) is 0. The maximum Gasteiger partial charge on any atom is 0.339 e. The lowest BCUT2D eigenvalue weighted by Gasteiger charge is -1.96. The first-order valence-electron chi connectivity index (χ1n) is 4.85. The molecule has 4 heteroatoms. The van der Waals surface area contributed by atoms with Crippen molar-refractivity contribution >= 4 is 11.4 Å². The van der Waals surface area contributed by atoms with Crippen LogP contribution in [-0.2, 0) is 0 Å². The van der Waals surface area contributed by atoms with E-state index in [0.717, 1.165) is 0 Å². The maximum absolute atomic E-state index is 5.42. The van der Waals surface area contributed by atoms with Crippen molar-refractivity contribution in [3.63, 3.8) is 0 Å². The number of aromatic nitrogens is 2. The summed E-state index contributed by atoms with van der Waals surface area (Å²) in [5.74, 6) is 2.34. The van der Waals surface area contributed by atoms with Gasteiger partial charge in [0.05, 0.1) is 0 Å². The molecule has 0 aliphatic carbocycles. The van der Waals surface area contributed by atoms with Crippen LogP contribution in [0.25, 0.3) is 11.4 Å². The second kappa shape index (κ2) is 3.12. The smallest absolute Gasteiger partial charge is 0.339 e. The normalized spacial score (nSPS) is 12.1. The van der Waals surface area contributed by atoms with E-state index in [1.54, 1.807) is 0 Å². The van der Waals surface area contributed by atoms with Gasteiger partial charge in [0.15, 0.2) is 0 Å². The highest BCUT2D eigenvalue weighted by molar-refractivity contribution is 5.60. The van der Waals surface area contributed by atoms with E-state index >= 15 is 0 Å². The molecular formula is C10H14N2O2. The SMILES string of the molecule is CC(C)c1nc2nc(C(C)C)oc2o1. The number of nitrogens with zero attached hydrogens (tertiary/aromatic N) is 2. The third-order valence-electron chi connectivity index (χ3n) is 2.00. The Morgan fingerprint density at radius 2 is 1.29 bits per heavy atom. The molecule has 0 saturated heterocycles. The number of rotatable bonds is 2. The predicted octanol–water partition coefficient (Wildman–Crippen LogP) is 3.06. The Labute approximate surface area is 82.3 Å². The first-order chi connectivity index (χ1) is 6.58. The van der Waals surface area contributed by atoms with Crippen molar-refractivity contribution in [3.05, 3.63) is 11.8 Å². The van der Waals surface area contributed by atoms with Crippen LogP contribution in [0.2, 0.25) is 0 Å². The molecule has 0 aliphatic rings. The molecule has 0 amide bonds. The summed E-state index contributed by atoms with van der Waals surface area (Å²) in [6.45, 7) is 8.09. The van der Waals surface area contributed by atoms with Crippen molar-refractivity contribution in [2.75, 3.05) is 0 Å². The fourth-order valence-electron chi connectivity index (χ4n) is 1.17. The Hall–Kier alpha value is -1.32. The number of fused-ring (bicyclic) bond motifs is 1. The van der Waals surface area contributed by atoms with Gasteiger partial charge in [-0.2, -0.15) is 9.97 Å². The van der Waals surface area contributed by atoms with Gasteiger partial charge in [-0.3, -0.25) is 0 Å². The summed E-state index contributed by atoms with van der Waals surface area (Å²) in [7, 11) is 0. The zero-order valence-corrected chi connectivity index (χ0v) is 8.87. The highest BCUT2D eigenvalue weighted by Gasteiger charge is 2.16. The molecule has 0 aliphatic heterocycles. The van der Waals surface area contributed by atoms with E-state index in [9.17, 15) is 0 Å². The third-order valence-corrected chi connectivity index (χ3v) is 2.00. The van der Waals surface area contributed by atoms with E-state index in [1.807, 2.05) is 27.7 Å². The van der Waals surface area contributed by atoms with E-state index in [2.05, 4.69) is 9.97 Å². The van der Waals surface area contributed by atoms with Gasteiger partial charge < -0.3 is 8.83 Å². The van der Waals surface area contributed by atoms with E-state index in [4.69, 9.17) is 8.83 Å². The molecule has 0 unspecified atom stereocenters. The van der Waals surface area contributed by atoms with Crippen LogP contribution in [0.5, 0.6) is 0 Å². The van der Waals surface area contributed by atoms with Crippen LogP contribution in [0.1, 0.15) is 51.3 Å². The van der Waals surface area contributed by atoms with E-state index in [1.165, 1.54) is 0 Å². The summed E-state index contributed by atoms with van der Waals surface area (Å²) in [5.41, 5.74) is 0.581. The van der Waals surface area contributed by atoms with E-state index in [-0.39, 0.29) is 11.8 Å². The minimum atomic E-state index is 0.266. The highest BCUT2D eigenvalue weighted by atomic mass is 16.5. The van der Waals surface area contributed by atoms with Gasteiger partial charge in [0.1, 0.15) is 0 Å². The highest BCUT2D eigenvalue weighted by Crippen LogP contribution is 2.24. The predicted molar refractivity (Wildman–Crippen MR) is 52.2 cm³/mol. The fourth-order valence-corrected chi connectivity index (χ4v) is 1.17. The van der Waals surface area contributed by atoms with Crippen molar-refractivity contribution in [1.82, 2.24) is 9.97 Å². The fraction of sp³-hybridized carbons (Fsp3) is 0.600. The largest absolute Gasteiger partial charge is 0.408 e. The molecule has 2 rings (SSSR count). The Morgan fingerprint density at radius 3 is 1.57 bits per heavy atom. The molecule has 2 heterocycles. The maximum atomic E-state index is 5.42. The molecule has 14 heavy (non-hydrogen) atoms. The summed E-state index contributed by atoms with van der Waals surface area (Å²) >= 11 is 0. The van der Waals surface area contributed by atoms with Crippen molar-refractivity contribution in [1.29, 1.82) is 0 Å². The summed E-state index contributed by atoms with van der Waals surface area (Å²) in [6, 6.07) is 0. The standard InChI is InChI=1S/C10H14N2O2/c1-5(2)8-11-7-10(13-8)14-9(12-7)6(3)4/h5-6H,1-4H3. The zero-order chi connectivity index (χ0) is 10.3. The average molecular weight is 194 g/mol. The molecule has 0 fully saturated rings. The number of oxazole rings is 2. The second-order valence-electron chi connectivity index (χ2n) is 4.02. The Morgan fingerprint density at radius 1 is 0.857 bits per heavy atom. The van der Waals surface area contributed by atoms with E-state index < -0.39 is 0 Å². The molecule has 0 N–H and O–H groups in total. The first kappa shape index (κ1) is 9.24. The lowest BCUT2D eigenvalue weighted by Crippen LogP contribution is -1.88. The third kappa shape index (κ3) is 1.41. The van der Waals surface area contributed by atoms with Crippen LogP contribution < -0.4 is 0 Å². The summed E-state index contributed by atoms with van der Waals surface area (Å²) in [5, 5.41) is 0. The zero-order valence-electron chi connectivity index (χ0n) is 8.87. The van der Waals surface area contributed by atoms with Crippen LogP contribution in [-0.4, -0.2) is 9.97 Å². The Bertz CT molecular complexity index is 371. The monoisotopic (exact) mass is 194 g/mol. The molecule has 0 atom stereocenters. The van der Waals surface area contributed by atoms with Crippen molar-refractivity contribution in [2.45, 2.75) is 39.5 Å². The Kier molecular flexibility index (Phi) is 2.06. The van der Waals surface area contributed by atoms with Gasteiger partial charge in [0.25, 0.3) is 0 Å². The molecule has 0 saturated carbocycles. The molecule has 0 aromatic carbocycles. The van der Waals surface area contributed by atoms with Crippen LogP contribution in [0.3, 0.4) is 0 Å². The molecule has 2 aromatic rings. The van der Waals surface area contributed by atoms with Gasteiger partial charge >= 0.3 is 5.78 Å². The first-order valence-corrected chi connectivity index (χ1v) is 4.85. The van der Waals surface area contributed by atoms with Gasteiger partial charge in [-0.1, -0.05) is 27.7 Å². The number of hydrogen-bond acceptors (Lipinski definition) is 4. The van der Waals surface area contributed by atoms with Gasteiger partial charge in [-0.15, -0.1) is 0 Å². The van der Waals surface area contributed by atoms with Crippen molar-refractivity contribution in [3.8, 4) is 0 Å². The molecule has 0 radical (unpaired) electrons. The average Bonchev–Trinajstić information content (AvgIpc) is 2.57. The van der Waals surface area contributed by atoms with Gasteiger partial charge in [-0.25, -0.2) is 0 Å². The molecule has 76 valence electrons. The molecule has 2 aromatic heterocycles. The minimum absolute atomic E-state index is 0.266. The molecule has 0 spiro atoms. The topological polar surface area (TPSA) is 52.1 Å².